The molecule has 9 heteroatoms. The smallest absolute Gasteiger partial charge is 0.391 e. The fraction of sp³-hybridized carbons (Fsp3) is 0.891. The Morgan fingerprint density at radius 3 is 1.49 bits per heavy atom. The number of allylic oxidation sites excluding steroid dienone is 4. The third-order valence-corrected chi connectivity index (χ3v) is 11.4. The summed E-state index contributed by atoms with van der Waals surface area (Å²) in [7, 11) is 1.61. The topological polar surface area (TPSA) is 105 Å². The van der Waals surface area contributed by atoms with Crippen LogP contribution in [0.25, 0.3) is 0 Å². The lowest BCUT2D eigenvalue weighted by Gasteiger charge is -2.26. The molecular formula is C46H92N2O6P+. The predicted octanol–water partition coefficient (Wildman–Crippen LogP) is 12.9. The summed E-state index contributed by atoms with van der Waals surface area (Å²) in [4.78, 5) is 22.9. The standard InChI is InChI=1S/C46H91N2O6P/c1-6-8-10-12-13-14-15-16-17-18-19-20-21-22-23-24-25-26-27-28-29-30-31-32-33-34-35-36-38-40-46(50)47-44(45(49)39-37-11-9-7-2)43-54-55(51,52)53-42-41-48(3,4)5/h15-16,18-19,44-45,49H,6-14,17,20-43H2,1-5H3,(H-,47,50,51,52)/p+1/b16-15-,19-18-. The van der Waals surface area contributed by atoms with Crippen LogP contribution in [0.2, 0.25) is 0 Å². The molecule has 0 bridgehead atoms. The van der Waals surface area contributed by atoms with Crippen LogP contribution in [0.4, 0.5) is 0 Å². The van der Waals surface area contributed by atoms with Crippen LogP contribution in [0.1, 0.15) is 213 Å². The lowest BCUT2D eigenvalue weighted by atomic mass is 10.0. The zero-order chi connectivity index (χ0) is 40.7. The molecule has 0 radical (unpaired) electrons. The van der Waals surface area contributed by atoms with Gasteiger partial charge in [-0.2, -0.15) is 0 Å². The molecule has 0 saturated carbocycles. The number of carbonyl (C=O) groups excluding carboxylic acids is 1. The number of phosphoric acid groups is 1. The van der Waals surface area contributed by atoms with Gasteiger partial charge in [-0.15, -0.1) is 0 Å². The van der Waals surface area contributed by atoms with Crippen molar-refractivity contribution in [3.8, 4) is 0 Å². The molecule has 0 aromatic heterocycles. The van der Waals surface area contributed by atoms with Crippen molar-refractivity contribution in [1.29, 1.82) is 0 Å². The Kier molecular flexibility index (Phi) is 37.8. The summed E-state index contributed by atoms with van der Waals surface area (Å²) in [6.45, 7) is 4.76. The summed E-state index contributed by atoms with van der Waals surface area (Å²) < 4.78 is 23.4. The molecule has 0 aliphatic carbocycles. The maximum atomic E-state index is 12.7. The van der Waals surface area contributed by atoms with E-state index in [1.165, 1.54) is 135 Å². The van der Waals surface area contributed by atoms with Crippen molar-refractivity contribution in [3.05, 3.63) is 24.3 Å². The average Bonchev–Trinajstić information content (AvgIpc) is 3.13. The normalized spacial score (nSPS) is 14.5. The molecule has 0 heterocycles. The Morgan fingerprint density at radius 1 is 0.618 bits per heavy atom. The number of aliphatic hydroxyl groups is 1. The monoisotopic (exact) mass is 800 g/mol. The minimum absolute atomic E-state index is 0.0747. The van der Waals surface area contributed by atoms with E-state index in [0.717, 1.165) is 51.4 Å². The first-order valence-corrected chi connectivity index (χ1v) is 24.7. The fourth-order valence-electron chi connectivity index (χ4n) is 6.72. The average molecular weight is 800 g/mol. The van der Waals surface area contributed by atoms with Gasteiger partial charge in [-0.1, -0.05) is 186 Å². The minimum Gasteiger partial charge on any atom is -0.391 e. The highest BCUT2D eigenvalue weighted by molar-refractivity contribution is 7.47. The molecule has 326 valence electrons. The number of phosphoric ester groups is 1. The lowest BCUT2D eigenvalue weighted by molar-refractivity contribution is -0.870. The third kappa shape index (κ3) is 41.0. The summed E-state index contributed by atoms with van der Waals surface area (Å²) in [6.07, 6.45) is 45.7. The van der Waals surface area contributed by atoms with Crippen molar-refractivity contribution in [1.82, 2.24) is 5.32 Å². The van der Waals surface area contributed by atoms with Crippen LogP contribution >= 0.6 is 7.82 Å². The number of rotatable bonds is 42. The van der Waals surface area contributed by atoms with Gasteiger partial charge in [-0.3, -0.25) is 13.8 Å². The van der Waals surface area contributed by atoms with Gasteiger partial charge in [0.15, 0.2) is 0 Å². The third-order valence-electron chi connectivity index (χ3n) is 10.5. The second kappa shape index (κ2) is 38.5. The molecule has 0 aromatic carbocycles. The predicted molar refractivity (Wildman–Crippen MR) is 235 cm³/mol. The molecule has 3 atom stereocenters. The van der Waals surface area contributed by atoms with E-state index in [2.05, 4.69) is 43.5 Å². The number of aliphatic hydroxyl groups excluding tert-OH is 1. The summed E-state index contributed by atoms with van der Waals surface area (Å²) >= 11 is 0. The van der Waals surface area contributed by atoms with Crippen LogP contribution in [-0.2, 0) is 18.4 Å². The Bertz CT molecular complexity index is 953. The van der Waals surface area contributed by atoms with Gasteiger partial charge in [0, 0.05) is 6.42 Å². The molecule has 55 heavy (non-hydrogen) atoms. The quantitative estimate of drug-likeness (QED) is 0.0246. The van der Waals surface area contributed by atoms with E-state index < -0.39 is 20.0 Å². The van der Waals surface area contributed by atoms with Gasteiger partial charge in [0.25, 0.3) is 0 Å². The van der Waals surface area contributed by atoms with Crippen LogP contribution in [0.3, 0.4) is 0 Å². The Hall–Kier alpha value is -1.02. The van der Waals surface area contributed by atoms with Gasteiger partial charge in [-0.05, 0) is 44.9 Å². The summed E-state index contributed by atoms with van der Waals surface area (Å²) in [5.41, 5.74) is 0. The molecule has 0 aliphatic rings. The number of quaternary nitrogens is 1. The van der Waals surface area contributed by atoms with Crippen LogP contribution in [0.15, 0.2) is 24.3 Å². The number of likely N-dealkylation sites (N-methyl/N-ethyl adjacent to an activating group) is 1. The van der Waals surface area contributed by atoms with Crippen molar-refractivity contribution in [2.24, 2.45) is 0 Å². The van der Waals surface area contributed by atoms with Gasteiger partial charge in [0.05, 0.1) is 39.9 Å². The van der Waals surface area contributed by atoms with Gasteiger partial charge in [0.1, 0.15) is 13.2 Å². The summed E-state index contributed by atoms with van der Waals surface area (Å²) in [6, 6.07) is -0.753. The van der Waals surface area contributed by atoms with Crippen LogP contribution in [0, 0.1) is 0 Å². The first-order chi connectivity index (χ1) is 26.5. The van der Waals surface area contributed by atoms with E-state index in [4.69, 9.17) is 9.05 Å². The molecule has 0 aromatic rings. The van der Waals surface area contributed by atoms with E-state index in [1.807, 2.05) is 21.1 Å². The van der Waals surface area contributed by atoms with Gasteiger partial charge < -0.3 is 19.8 Å². The maximum absolute atomic E-state index is 12.7. The van der Waals surface area contributed by atoms with Crippen molar-refractivity contribution in [3.63, 3.8) is 0 Å². The maximum Gasteiger partial charge on any atom is 0.472 e. The van der Waals surface area contributed by atoms with Crippen LogP contribution in [0.5, 0.6) is 0 Å². The zero-order valence-corrected chi connectivity index (χ0v) is 37.8. The van der Waals surface area contributed by atoms with Crippen molar-refractivity contribution < 1.29 is 32.9 Å². The molecule has 0 fully saturated rings. The number of hydrogen-bond donors (Lipinski definition) is 3. The molecular weight excluding hydrogens is 707 g/mol. The number of nitrogens with zero attached hydrogens (tertiary/aromatic N) is 1. The fourth-order valence-corrected chi connectivity index (χ4v) is 7.46. The molecule has 0 saturated heterocycles. The molecule has 0 rings (SSSR count). The van der Waals surface area contributed by atoms with E-state index in [1.54, 1.807) is 0 Å². The second-order valence-corrected chi connectivity index (χ2v) is 18.6. The second-order valence-electron chi connectivity index (χ2n) is 17.1. The first-order valence-electron chi connectivity index (χ1n) is 23.2. The molecule has 3 unspecified atom stereocenters. The van der Waals surface area contributed by atoms with E-state index >= 15 is 0 Å². The van der Waals surface area contributed by atoms with Crippen LogP contribution in [-0.4, -0.2) is 73.4 Å². The van der Waals surface area contributed by atoms with E-state index in [-0.39, 0.29) is 19.1 Å². The summed E-state index contributed by atoms with van der Waals surface area (Å²) in [5.74, 6) is -0.152. The molecule has 1 amide bonds. The molecule has 3 N–H and O–H groups in total. The van der Waals surface area contributed by atoms with Gasteiger partial charge in [-0.25, -0.2) is 4.57 Å². The summed E-state index contributed by atoms with van der Waals surface area (Å²) in [5, 5.41) is 13.7. The molecule has 8 nitrogen and oxygen atoms in total. The first kappa shape index (κ1) is 54.0. The van der Waals surface area contributed by atoms with Crippen molar-refractivity contribution in [2.75, 3.05) is 40.9 Å². The number of carbonyl (C=O) groups is 1. The Balaban J connectivity index is 3.82. The SMILES string of the molecule is CCCCCCC/C=C\C/C=C\CCCCCCCCCCCCCCCCCCCC(=O)NC(COP(=O)(O)OCC[N+](C)(C)C)C(O)CCCCCC. The van der Waals surface area contributed by atoms with Crippen LogP contribution < -0.4 is 5.32 Å². The van der Waals surface area contributed by atoms with Crippen molar-refractivity contribution >= 4 is 13.7 Å². The zero-order valence-electron chi connectivity index (χ0n) is 36.9. The highest BCUT2D eigenvalue weighted by Gasteiger charge is 2.28. The largest absolute Gasteiger partial charge is 0.472 e. The minimum atomic E-state index is -4.29. The molecule has 0 aliphatic heterocycles. The van der Waals surface area contributed by atoms with E-state index in [0.29, 0.717) is 23.9 Å². The lowest BCUT2D eigenvalue weighted by Crippen LogP contribution is -2.46. The van der Waals surface area contributed by atoms with E-state index in [9.17, 15) is 19.4 Å². The highest BCUT2D eigenvalue weighted by atomic mass is 31.2. The van der Waals surface area contributed by atoms with Gasteiger partial charge >= 0.3 is 7.82 Å². The number of unbranched alkanes of at least 4 members (excludes halogenated alkanes) is 25. The Morgan fingerprint density at radius 2 is 1.04 bits per heavy atom. The van der Waals surface area contributed by atoms with Gasteiger partial charge in [0.2, 0.25) is 5.91 Å². The number of nitrogens with one attached hydrogen (secondary N) is 1. The van der Waals surface area contributed by atoms with Crippen molar-refractivity contribution in [2.45, 2.75) is 225 Å². The Labute approximate surface area is 341 Å². The number of amides is 1. The highest BCUT2D eigenvalue weighted by Crippen LogP contribution is 2.43. The molecule has 0 spiro atoms. The number of hydrogen-bond acceptors (Lipinski definition) is 5.